The maximum atomic E-state index is 12.7. The van der Waals surface area contributed by atoms with E-state index in [0.29, 0.717) is 12.4 Å². The fourth-order valence-electron chi connectivity index (χ4n) is 3.30. The van der Waals surface area contributed by atoms with E-state index in [9.17, 15) is 9.59 Å². The summed E-state index contributed by atoms with van der Waals surface area (Å²) in [4.78, 5) is 31.2. The zero-order chi connectivity index (χ0) is 19.7. The van der Waals surface area contributed by atoms with Gasteiger partial charge in [0.05, 0.1) is 17.8 Å². The van der Waals surface area contributed by atoms with Crippen molar-refractivity contribution in [1.29, 1.82) is 0 Å². The predicted octanol–water partition coefficient (Wildman–Crippen LogP) is 2.78. The summed E-state index contributed by atoms with van der Waals surface area (Å²) < 4.78 is 1.70. The van der Waals surface area contributed by atoms with E-state index >= 15 is 0 Å². The van der Waals surface area contributed by atoms with Gasteiger partial charge in [-0.25, -0.2) is 4.98 Å². The Morgan fingerprint density at radius 1 is 1.18 bits per heavy atom. The molecule has 1 N–H and O–H groups in total. The molecule has 3 aromatic rings. The first kappa shape index (κ1) is 17.9. The number of benzene rings is 1. The monoisotopic (exact) mass is 375 g/mol. The smallest absolute Gasteiger partial charge is 0.230 e. The van der Waals surface area contributed by atoms with Gasteiger partial charge < -0.3 is 10.2 Å². The lowest BCUT2D eigenvalue weighted by Crippen LogP contribution is -2.28. The topological polar surface area (TPSA) is 80.1 Å². The second-order valence-corrected chi connectivity index (χ2v) is 7.04. The first-order chi connectivity index (χ1) is 13.5. The van der Waals surface area contributed by atoms with Gasteiger partial charge in [-0.2, -0.15) is 5.10 Å². The highest BCUT2D eigenvalue weighted by Gasteiger charge is 2.35. The summed E-state index contributed by atoms with van der Waals surface area (Å²) in [5.74, 6) is -0.176. The number of anilines is 2. The number of aryl methyl sites for hydroxylation is 2. The number of nitrogens with zero attached hydrogens (tertiary/aromatic N) is 4. The first-order valence-corrected chi connectivity index (χ1v) is 9.13. The van der Waals surface area contributed by atoms with Crippen molar-refractivity contribution in [1.82, 2.24) is 14.8 Å². The fourth-order valence-corrected chi connectivity index (χ4v) is 3.30. The molecule has 0 aliphatic carbocycles. The third kappa shape index (κ3) is 3.64. The van der Waals surface area contributed by atoms with Crippen molar-refractivity contribution in [2.45, 2.75) is 13.3 Å². The van der Waals surface area contributed by atoms with Crippen molar-refractivity contribution in [3.63, 3.8) is 0 Å². The molecule has 1 aliphatic heterocycles. The van der Waals surface area contributed by atoms with Crippen molar-refractivity contribution in [3.05, 3.63) is 60.4 Å². The Labute approximate surface area is 163 Å². The molecular weight excluding hydrogens is 354 g/mol. The molecule has 0 bridgehead atoms. The summed E-state index contributed by atoms with van der Waals surface area (Å²) in [5.41, 5.74) is 3.56. The Kier molecular flexibility index (Phi) is 4.65. The van der Waals surface area contributed by atoms with Crippen molar-refractivity contribution in [2.75, 3.05) is 16.8 Å². The number of rotatable bonds is 4. The van der Waals surface area contributed by atoms with Crippen LogP contribution in [0.15, 0.2) is 54.9 Å². The van der Waals surface area contributed by atoms with E-state index in [1.165, 1.54) is 0 Å². The van der Waals surface area contributed by atoms with Crippen LogP contribution in [0.3, 0.4) is 0 Å². The summed E-state index contributed by atoms with van der Waals surface area (Å²) in [6, 6.07) is 13.2. The molecule has 2 aromatic heterocycles. The van der Waals surface area contributed by atoms with Crippen LogP contribution in [0.5, 0.6) is 0 Å². The second-order valence-electron chi connectivity index (χ2n) is 7.04. The Balaban J connectivity index is 1.46. The van der Waals surface area contributed by atoms with Crippen LogP contribution in [0.4, 0.5) is 11.5 Å². The molecule has 28 heavy (non-hydrogen) atoms. The number of hydrogen-bond donors (Lipinski definition) is 1. The number of carbonyl (C=O) groups is 2. The van der Waals surface area contributed by atoms with Crippen LogP contribution in [0.2, 0.25) is 0 Å². The molecule has 7 heteroatoms. The van der Waals surface area contributed by atoms with Crippen LogP contribution in [-0.2, 0) is 16.6 Å². The summed E-state index contributed by atoms with van der Waals surface area (Å²) in [7, 11) is 1.84. The van der Waals surface area contributed by atoms with Crippen LogP contribution < -0.4 is 10.2 Å². The highest BCUT2D eigenvalue weighted by atomic mass is 16.2. The Bertz CT molecular complexity index is 1030. The first-order valence-electron chi connectivity index (χ1n) is 9.13. The quantitative estimate of drug-likeness (QED) is 0.760. The fraction of sp³-hybridized carbons (Fsp3) is 0.238. The molecule has 1 fully saturated rings. The molecule has 0 spiro atoms. The van der Waals surface area contributed by atoms with Crippen molar-refractivity contribution >= 4 is 23.3 Å². The zero-order valence-electron chi connectivity index (χ0n) is 15.8. The van der Waals surface area contributed by atoms with E-state index in [-0.39, 0.29) is 18.2 Å². The van der Waals surface area contributed by atoms with Gasteiger partial charge in [-0.05, 0) is 31.2 Å². The number of pyridine rings is 1. The third-order valence-electron chi connectivity index (χ3n) is 4.84. The zero-order valence-corrected chi connectivity index (χ0v) is 15.8. The average molecular weight is 375 g/mol. The molecule has 2 amide bonds. The molecule has 1 saturated heterocycles. The van der Waals surface area contributed by atoms with E-state index in [0.717, 1.165) is 22.5 Å². The largest absolute Gasteiger partial charge is 0.312 e. The van der Waals surface area contributed by atoms with Gasteiger partial charge in [0.25, 0.3) is 0 Å². The molecular formula is C21H21N5O2. The van der Waals surface area contributed by atoms with E-state index in [4.69, 9.17) is 0 Å². The van der Waals surface area contributed by atoms with Gasteiger partial charge >= 0.3 is 0 Å². The van der Waals surface area contributed by atoms with Crippen LogP contribution in [0.1, 0.15) is 12.0 Å². The molecule has 1 aliphatic rings. The number of carbonyl (C=O) groups excluding carboxylic acids is 2. The van der Waals surface area contributed by atoms with E-state index in [2.05, 4.69) is 15.4 Å². The molecule has 0 saturated carbocycles. The molecule has 4 rings (SSSR count). The maximum absolute atomic E-state index is 12.7. The highest BCUT2D eigenvalue weighted by molar-refractivity contribution is 6.03. The summed E-state index contributed by atoms with van der Waals surface area (Å²) in [5, 5.41) is 6.99. The normalized spacial score (nSPS) is 16.4. The number of hydrogen-bond acceptors (Lipinski definition) is 4. The number of amides is 2. The van der Waals surface area contributed by atoms with Gasteiger partial charge in [-0.1, -0.05) is 23.8 Å². The molecule has 7 nitrogen and oxygen atoms in total. The number of aromatic nitrogens is 3. The van der Waals surface area contributed by atoms with Gasteiger partial charge in [-0.15, -0.1) is 0 Å². The minimum atomic E-state index is -0.405. The van der Waals surface area contributed by atoms with Crippen molar-refractivity contribution < 1.29 is 9.59 Å². The lowest BCUT2D eigenvalue weighted by atomic mass is 10.1. The average Bonchev–Trinajstić information content (AvgIpc) is 3.29. The van der Waals surface area contributed by atoms with Gasteiger partial charge in [0.1, 0.15) is 5.82 Å². The van der Waals surface area contributed by atoms with Gasteiger partial charge in [0.2, 0.25) is 11.8 Å². The van der Waals surface area contributed by atoms with Crippen molar-refractivity contribution in [2.24, 2.45) is 13.0 Å². The van der Waals surface area contributed by atoms with Crippen molar-refractivity contribution in [3.8, 4) is 11.3 Å². The lowest BCUT2D eigenvalue weighted by molar-refractivity contribution is -0.122. The van der Waals surface area contributed by atoms with Gasteiger partial charge in [0, 0.05) is 37.5 Å². The minimum Gasteiger partial charge on any atom is -0.312 e. The molecule has 1 aromatic carbocycles. The second kappa shape index (κ2) is 7.26. The Morgan fingerprint density at radius 2 is 1.96 bits per heavy atom. The molecule has 142 valence electrons. The maximum Gasteiger partial charge on any atom is 0.230 e. The number of nitrogens with one attached hydrogen (secondary N) is 1. The summed E-state index contributed by atoms with van der Waals surface area (Å²) in [6.45, 7) is 2.37. The Morgan fingerprint density at radius 3 is 2.68 bits per heavy atom. The van der Waals surface area contributed by atoms with Crippen LogP contribution in [0.25, 0.3) is 11.3 Å². The lowest BCUT2D eigenvalue weighted by Gasteiger charge is -2.17. The molecule has 1 atom stereocenters. The van der Waals surface area contributed by atoms with Crippen LogP contribution in [0, 0.1) is 12.8 Å². The van der Waals surface area contributed by atoms with E-state index < -0.39 is 5.92 Å². The predicted molar refractivity (Wildman–Crippen MR) is 107 cm³/mol. The minimum absolute atomic E-state index is 0.0407. The highest BCUT2D eigenvalue weighted by Crippen LogP contribution is 2.26. The van der Waals surface area contributed by atoms with Crippen LogP contribution >= 0.6 is 0 Å². The van der Waals surface area contributed by atoms with E-state index in [1.54, 1.807) is 21.8 Å². The standard InChI is InChI=1S/C21H21N5O2/c1-14-6-8-17(9-7-14)26-13-15(10-20(26)27)21(28)24-19-5-3-4-18(23-19)16-11-22-25(2)12-16/h3-9,11-12,15H,10,13H2,1-2H3,(H,23,24,28)/t15-/m1/s1. The third-order valence-corrected chi connectivity index (χ3v) is 4.84. The van der Waals surface area contributed by atoms with Gasteiger partial charge in [0.15, 0.2) is 0 Å². The molecule has 0 radical (unpaired) electrons. The van der Waals surface area contributed by atoms with Gasteiger partial charge in [-0.3, -0.25) is 14.3 Å². The molecule has 3 heterocycles. The molecule has 0 unspecified atom stereocenters. The SMILES string of the molecule is Cc1ccc(N2C[C@H](C(=O)Nc3cccc(-c4cnn(C)c4)n3)CC2=O)cc1. The van der Waals surface area contributed by atoms with Crippen LogP contribution in [-0.4, -0.2) is 33.1 Å². The summed E-state index contributed by atoms with van der Waals surface area (Å²) in [6.07, 6.45) is 3.79. The van der Waals surface area contributed by atoms with E-state index in [1.807, 2.05) is 56.6 Å². The Hall–Kier alpha value is -3.48. The summed E-state index contributed by atoms with van der Waals surface area (Å²) >= 11 is 0.